The van der Waals surface area contributed by atoms with Crippen LogP contribution >= 0.6 is 0 Å². The van der Waals surface area contributed by atoms with Crippen LogP contribution in [0.2, 0.25) is 0 Å². The van der Waals surface area contributed by atoms with Gasteiger partial charge in [-0.05, 0) is 176 Å². The third-order valence-corrected chi connectivity index (χ3v) is 15.5. The molecule has 0 bridgehead atoms. The third kappa shape index (κ3) is 6.82. The lowest BCUT2D eigenvalue weighted by atomic mass is 9.35. The first kappa shape index (κ1) is 43.4. The van der Waals surface area contributed by atoms with Crippen molar-refractivity contribution >= 4 is 68.4 Å². The van der Waals surface area contributed by atoms with Crippen LogP contribution < -0.4 is 26.4 Å². The number of rotatable bonds is 3. The molecule has 1 aliphatic carbocycles. The van der Waals surface area contributed by atoms with Crippen LogP contribution in [0.1, 0.15) is 147 Å². The minimum atomic E-state index is -0.128. The van der Waals surface area contributed by atoms with Crippen molar-refractivity contribution in [3.8, 4) is 11.1 Å². The Morgan fingerprint density at radius 3 is 1.68 bits per heavy atom. The SMILES string of the molecule is Cc1cc2c3c(c1)N(c1ccc(C(C)(C)C)cc1)c1c(oc4cc(C(C)(C)C)ccc14)B3c1cc(C(C)(C)C)ccc1N2c1cc2c(cc1-c1c(C)cccc1C)C(C)(C)CCC2(C)C. The van der Waals surface area contributed by atoms with E-state index in [0.717, 1.165) is 40.8 Å². The van der Waals surface area contributed by atoms with Crippen LogP contribution in [-0.4, -0.2) is 6.71 Å². The van der Waals surface area contributed by atoms with E-state index in [1.165, 1.54) is 89.3 Å². The summed E-state index contributed by atoms with van der Waals surface area (Å²) in [5.74, 6) is 0. The molecule has 0 N–H and O–H groups in total. The van der Waals surface area contributed by atoms with Gasteiger partial charge in [0.15, 0.2) is 0 Å². The fourth-order valence-corrected chi connectivity index (χ4v) is 11.4. The van der Waals surface area contributed by atoms with Crippen molar-refractivity contribution in [1.29, 1.82) is 0 Å². The molecular formula is C61H69BN2O. The van der Waals surface area contributed by atoms with Gasteiger partial charge in [-0.2, -0.15) is 0 Å². The number of aryl methyl sites for hydroxylation is 3. The van der Waals surface area contributed by atoms with E-state index in [2.05, 4.69) is 224 Å². The first-order valence-corrected chi connectivity index (χ1v) is 24.2. The lowest BCUT2D eigenvalue weighted by molar-refractivity contribution is 0.332. The maximum Gasteiger partial charge on any atom is 0.297 e. The van der Waals surface area contributed by atoms with Crippen molar-refractivity contribution in [3.05, 3.63) is 148 Å². The van der Waals surface area contributed by atoms with Crippen molar-refractivity contribution in [2.24, 2.45) is 0 Å². The van der Waals surface area contributed by atoms with Gasteiger partial charge in [0, 0.05) is 33.7 Å². The van der Waals surface area contributed by atoms with Gasteiger partial charge in [-0.15, -0.1) is 0 Å². The van der Waals surface area contributed by atoms with Gasteiger partial charge in [0.05, 0.1) is 17.0 Å². The molecule has 3 aliphatic rings. The Labute approximate surface area is 390 Å². The summed E-state index contributed by atoms with van der Waals surface area (Å²) in [6.07, 6.45) is 2.31. The second-order valence-electron chi connectivity index (χ2n) is 24.4. The average Bonchev–Trinajstić information content (AvgIpc) is 3.60. The van der Waals surface area contributed by atoms with Crippen molar-refractivity contribution in [3.63, 3.8) is 0 Å². The first-order chi connectivity index (χ1) is 30.3. The van der Waals surface area contributed by atoms with Crippen molar-refractivity contribution < 1.29 is 4.42 Å². The number of hydrogen-bond donors (Lipinski definition) is 0. The highest BCUT2D eigenvalue weighted by Gasteiger charge is 2.48. The first-order valence-electron chi connectivity index (χ1n) is 24.2. The predicted octanol–water partition coefficient (Wildman–Crippen LogP) is 15.3. The molecule has 65 heavy (non-hydrogen) atoms. The van der Waals surface area contributed by atoms with Gasteiger partial charge in [0.25, 0.3) is 6.71 Å². The molecule has 3 nitrogen and oxygen atoms in total. The summed E-state index contributed by atoms with van der Waals surface area (Å²) in [5, 5.41) is 1.15. The molecular weight excluding hydrogens is 787 g/mol. The van der Waals surface area contributed by atoms with Crippen LogP contribution in [-0.2, 0) is 27.1 Å². The van der Waals surface area contributed by atoms with E-state index < -0.39 is 0 Å². The van der Waals surface area contributed by atoms with E-state index in [4.69, 9.17) is 4.42 Å². The van der Waals surface area contributed by atoms with Crippen LogP contribution in [0.25, 0.3) is 22.1 Å². The maximum atomic E-state index is 7.45. The molecule has 0 radical (unpaired) electrons. The summed E-state index contributed by atoms with van der Waals surface area (Å²) < 4.78 is 7.45. The van der Waals surface area contributed by atoms with E-state index in [0.29, 0.717) is 0 Å². The Bertz CT molecular complexity index is 3060. The van der Waals surface area contributed by atoms with Gasteiger partial charge in [-0.25, -0.2) is 0 Å². The summed E-state index contributed by atoms with van der Waals surface area (Å²) in [6, 6.07) is 40.5. The Hall–Kier alpha value is -5.48. The molecule has 4 heteroatoms. The summed E-state index contributed by atoms with van der Waals surface area (Å²) in [5.41, 5.74) is 25.1. The minimum absolute atomic E-state index is 0.0211. The van der Waals surface area contributed by atoms with Gasteiger partial charge >= 0.3 is 0 Å². The predicted molar refractivity (Wildman–Crippen MR) is 281 cm³/mol. The number of benzene rings is 6. The molecule has 0 atom stereocenters. The zero-order valence-electron chi connectivity index (χ0n) is 42.1. The number of hydrogen-bond acceptors (Lipinski definition) is 3. The molecule has 3 heterocycles. The fraction of sp³-hybridized carbons (Fsp3) is 0.377. The van der Waals surface area contributed by atoms with Gasteiger partial charge in [-0.3, -0.25) is 0 Å². The van der Waals surface area contributed by atoms with E-state index in [-0.39, 0.29) is 33.8 Å². The quantitative estimate of drug-likeness (QED) is 0.165. The van der Waals surface area contributed by atoms with Crippen molar-refractivity contribution in [1.82, 2.24) is 0 Å². The monoisotopic (exact) mass is 857 g/mol. The number of furan rings is 1. The highest BCUT2D eigenvalue weighted by Crippen LogP contribution is 2.54. The molecule has 0 saturated heterocycles. The van der Waals surface area contributed by atoms with Crippen LogP contribution in [0, 0.1) is 20.8 Å². The highest BCUT2D eigenvalue weighted by molar-refractivity contribution is 7.00. The van der Waals surface area contributed by atoms with Crippen molar-refractivity contribution in [2.45, 2.75) is 151 Å². The van der Waals surface area contributed by atoms with Crippen LogP contribution in [0.5, 0.6) is 0 Å². The molecule has 0 saturated carbocycles. The van der Waals surface area contributed by atoms with E-state index in [9.17, 15) is 0 Å². The largest absolute Gasteiger partial charge is 0.468 e. The number of anilines is 6. The standard InChI is InChI=1S/C61H69BN2O/c1-36-30-50-54-51(31-36)64(49-35-46-45(60(13,14)28-29-61(46,15)16)34-44(49)53-37(2)18-17-19-38(53)3)48-27-23-40(58(7,8)9)32-47(48)62(54)56-55(43-26-22-41(59(10,11)12)33-52(43)65-56)63(50)42-24-20-39(21-25-42)57(4,5)6/h17-27,30-35H,28-29H2,1-16H3. The summed E-state index contributed by atoms with van der Waals surface area (Å²) >= 11 is 0. The van der Waals surface area contributed by atoms with Crippen LogP contribution in [0.4, 0.5) is 34.1 Å². The molecule has 0 fully saturated rings. The molecule has 2 aliphatic heterocycles. The zero-order chi connectivity index (χ0) is 46.5. The Morgan fingerprint density at radius 1 is 0.538 bits per heavy atom. The molecule has 1 aromatic heterocycles. The second-order valence-corrected chi connectivity index (χ2v) is 24.4. The zero-order valence-corrected chi connectivity index (χ0v) is 42.1. The van der Waals surface area contributed by atoms with Crippen molar-refractivity contribution in [2.75, 3.05) is 9.80 Å². The normalized spacial score (nSPS) is 16.3. The molecule has 0 spiro atoms. The summed E-state index contributed by atoms with van der Waals surface area (Å²) in [4.78, 5) is 5.20. The Kier molecular flexibility index (Phi) is 9.53. The Balaban J connectivity index is 1.35. The number of nitrogens with zero attached hydrogens (tertiary/aromatic N) is 2. The Morgan fingerprint density at radius 2 is 1.08 bits per heavy atom. The third-order valence-electron chi connectivity index (χ3n) is 15.5. The van der Waals surface area contributed by atoms with Crippen LogP contribution in [0.15, 0.2) is 108 Å². The van der Waals surface area contributed by atoms with E-state index in [1.807, 2.05) is 0 Å². The fourth-order valence-electron chi connectivity index (χ4n) is 11.4. The van der Waals surface area contributed by atoms with Gasteiger partial charge in [-0.1, -0.05) is 139 Å². The smallest absolute Gasteiger partial charge is 0.297 e. The average molecular weight is 857 g/mol. The van der Waals surface area contributed by atoms with Crippen LogP contribution in [0.3, 0.4) is 0 Å². The molecule has 6 aromatic carbocycles. The summed E-state index contributed by atoms with van der Waals surface area (Å²) in [6.45, 7) is 37.4. The molecule has 0 unspecified atom stereocenters. The van der Waals surface area contributed by atoms with Gasteiger partial charge in [0.2, 0.25) is 0 Å². The molecule has 332 valence electrons. The molecule has 0 amide bonds. The van der Waals surface area contributed by atoms with Gasteiger partial charge in [0.1, 0.15) is 5.58 Å². The summed E-state index contributed by atoms with van der Waals surface area (Å²) in [7, 11) is 0. The van der Waals surface area contributed by atoms with E-state index >= 15 is 0 Å². The van der Waals surface area contributed by atoms with E-state index in [1.54, 1.807) is 0 Å². The minimum Gasteiger partial charge on any atom is -0.468 e. The topological polar surface area (TPSA) is 19.6 Å². The molecule has 10 rings (SSSR count). The highest BCUT2D eigenvalue weighted by atomic mass is 16.3. The number of fused-ring (bicyclic) bond motifs is 7. The molecule has 7 aromatic rings. The maximum absolute atomic E-state index is 7.45. The van der Waals surface area contributed by atoms with Gasteiger partial charge < -0.3 is 14.2 Å². The second kappa shape index (κ2) is 14.3. The lowest BCUT2D eigenvalue weighted by Crippen LogP contribution is -2.61. The lowest BCUT2D eigenvalue weighted by Gasteiger charge is -2.46.